The molecule has 27 heavy (non-hydrogen) atoms. The second-order valence-electron chi connectivity index (χ2n) is 7.17. The van der Waals surface area contributed by atoms with Crippen molar-refractivity contribution in [3.63, 3.8) is 0 Å². The Morgan fingerprint density at radius 3 is 2.81 bits per heavy atom. The van der Waals surface area contributed by atoms with Crippen molar-refractivity contribution in [3.05, 3.63) is 22.2 Å². The predicted molar refractivity (Wildman–Crippen MR) is 103 cm³/mol. The number of halogens is 1. The Morgan fingerprint density at radius 1 is 1.37 bits per heavy atom. The van der Waals surface area contributed by atoms with Crippen LogP contribution in [0.3, 0.4) is 0 Å². The van der Waals surface area contributed by atoms with Crippen molar-refractivity contribution in [3.8, 4) is 5.75 Å². The van der Waals surface area contributed by atoms with Gasteiger partial charge in [-0.15, -0.1) is 0 Å². The zero-order chi connectivity index (χ0) is 19.4. The van der Waals surface area contributed by atoms with Crippen molar-refractivity contribution in [2.75, 3.05) is 32.0 Å². The summed E-state index contributed by atoms with van der Waals surface area (Å²) in [7, 11) is 0. The zero-order valence-electron chi connectivity index (χ0n) is 15.3. The zero-order valence-corrected chi connectivity index (χ0v) is 16.1. The third-order valence-corrected chi connectivity index (χ3v) is 5.53. The molecule has 1 saturated heterocycles. The fourth-order valence-corrected chi connectivity index (χ4v) is 3.95. The van der Waals surface area contributed by atoms with Crippen LogP contribution in [-0.4, -0.2) is 54.2 Å². The van der Waals surface area contributed by atoms with Gasteiger partial charge in [-0.05, 0) is 44.7 Å². The fourth-order valence-electron chi connectivity index (χ4n) is 3.72. The van der Waals surface area contributed by atoms with E-state index in [9.17, 15) is 9.59 Å². The van der Waals surface area contributed by atoms with E-state index in [4.69, 9.17) is 27.2 Å². The number of nitrogens with two attached hydrogens (primary N) is 1. The Bertz CT molecular complexity index is 717. The summed E-state index contributed by atoms with van der Waals surface area (Å²) in [5, 5.41) is 12.2. The average Bonchev–Trinajstić information content (AvgIpc) is 2.66. The summed E-state index contributed by atoms with van der Waals surface area (Å²) in [6, 6.07) is 1.68. The predicted octanol–water partition coefficient (Wildman–Crippen LogP) is 2.31. The monoisotopic (exact) mass is 395 g/mol. The van der Waals surface area contributed by atoms with Crippen LogP contribution in [0.15, 0.2) is 6.07 Å². The highest BCUT2D eigenvalue weighted by atomic mass is 35.5. The van der Waals surface area contributed by atoms with Crippen LogP contribution in [0, 0.1) is 0 Å². The van der Waals surface area contributed by atoms with Gasteiger partial charge in [0.05, 0.1) is 22.9 Å². The first kappa shape index (κ1) is 19.8. The Morgan fingerprint density at radius 2 is 2.11 bits per heavy atom. The number of fused-ring (bicyclic) bond motifs is 1. The molecule has 0 unspecified atom stereocenters. The molecule has 2 heterocycles. The lowest BCUT2D eigenvalue weighted by Gasteiger charge is -2.32. The molecule has 8 heteroatoms. The van der Waals surface area contributed by atoms with Gasteiger partial charge in [-0.25, -0.2) is 0 Å². The van der Waals surface area contributed by atoms with Gasteiger partial charge in [-0.2, -0.15) is 0 Å². The molecule has 1 aromatic rings. The number of ether oxygens (including phenoxy) is 1. The maximum atomic E-state index is 12.8. The van der Waals surface area contributed by atoms with E-state index in [1.165, 1.54) is 0 Å². The molecule has 3 rings (SSSR count). The van der Waals surface area contributed by atoms with E-state index < -0.39 is 5.97 Å². The quantitative estimate of drug-likeness (QED) is 0.638. The van der Waals surface area contributed by atoms with E-state index in [-0.39, 0.29) is 18.4 Å². The molecule has 1 amide bonds. The van der Waals surface area contributed by atoms with Crippen LogP contribution in [0.4, 0.5) is 5.69 Å². The normalized spacial score (nSPS) is 17.8. The van der Waals surface area contributed by atoms with Crippen LogP contribution in [0.1, 0.15) is 48.0 Å². The number of nitrogens with zero attached hydrogens (tertiary/aromatic N) is 1. The second-order valence-corrected chi connectivity index (χ2v) is 7.57. The number of nitrogens with one attached hydrogen (secondary N) is 1. The molecule has 0 aliphatic carbocycles. The van der Waals surface area contributed by atoms with Crippen molar-refractivity contribution < 1.29 is 19.4 Å². The van der Waals surface area contributed by atoms with Gasteiger partial charge in [-0.1, -0.05) is 11.6 Å². The van der Waals surface area contributed by atoms with Gasteiger partial charge in [0.15, 0.2) is 0 Å². The number of likely N-dealkylation sites (tertiary alicyclic amines) is 1. The first-order valence-electron chi connectivity index (χ1n) is 9.44. The topological polar surface area (TPSA) is 105 Å². The first-order chi connectivity index (χ1) is 13.0. The minimum atomic E-state index is -0.759. The summed E-state index contributed by atoms with van der Waals surface area (Å²) in [6.45, 7) is 3.05. The summed E-state index contributed by atoms with van der Waals surface area (Å²) in [4.78, 5) is 25.7. The lowest BCUT2D eigenvalue weighted by atomic mass is 9.98. The van der Waals surface area contributed by atoms with E-state index in [2.05, 4.69) is 10.2 Å². The number of nitrogen functional groups attached to an aromatic ring is 1. The number of carbonyl (C=O) groups is 2. The molecule has 148 valence electrons. The van der Waals surface area contributed by atoms with Crippen molar-refractivity contribution in [2.45, 2.75) is 44.6 Å². The maximum absolute atomic E-state index is 12.8. The summed E-state index contributed by atoms with van der Waals surface area (Å²) in [5.41, 5.74) is 7.82. The minimum absolute atomic E-state index is 0.0868. The van der Waals surface area contributed by atoms with Gasteiger partial charge in [0.2, 0.25) is 0 Å². The molecule has 0 aromatic heterocycles. The van der Waals surface area contributed by atoms with Crippen molar-refractivity contribution in [2.24, 2.45) is 0 Å². The smallest absolute Gasteiger partial charge is 0.303 e. The summed E-state index contributed by atoms with van der Waals surface area (Å²) < 4.78 is 5.73. The van der Waals surface area contributed by atoms with E-state index in [1.807, 2.05) is 0 Å². The van der Waals surface area contributed by atoms with Crippen molar-refractivity contribution >= 4 is 29.2 Å². The van der Waals surface area contributed by atoms with Gasteiger partial charge in [-0.3, -0.25) is 9.59 Å². The SMILES string of the molecule is Nc1c(Cl)cc(C(=O)NC2CCN(CCCC(=O)O)CC2)c2c1CCCO2. The molecule has 0 saturated carbocycles. The van der Waals surface area contributed by atoms with E-state index >= 15 is 0 Å². The molecule has 4 N–H and O–H groups in total. The highest BCUT2D eigenvalue weighted by molar-refractivity contribution is 6.33. The molecular formula is C19H26ClN3O4. The van der Waals surface area contributed by atoms with Crippen LogP contribution in [-0.2, 0) is 11.2 Å². The van der Waals surface area contributed by atoms with Crippen LogP contribution in [0.2, 0.25) is 5.02 Å². The number of hydrogen-bond donors (Lipinski definition) is 3. The maximum Gasteiger partial charge on any atom is 0.303 e. The Kier molecular flexibility index (Phi) is 6.44. The number of benzene rings is 1. The van der Waals surface area contributed by atoms with Crippen molar-refractivity contribution in [1.82, 2.24) is 10.2 Å². The van der Waals surface area contributed by atoms with Crippen molar-refractivity contribution in [1.29, 1.82) is 0 Å². The highest BCUT2D eigenvalue weighted by Crippen LogP contribution is 2.38. The molecule has 0 spiro atoms. The van der Waals surface area contributed by atoms with Crippen LogP contribution in [0.5, 0.6) is 5.75 Å². The molecule has 0 bridgehead atoms. The highest BCUT2D eigenvalue weighted by Gasteiger charge is 2.26. The van der Waals surface area contributed by atoms with Gasteiger partial charge in [0.1, 0.15) is 5.75 Å². The standard InChI is InChI=1S/C19H26ClN3O4/c20-15-11-14(18-13(17(15)21)3-2-10-27-18)19(26)22-12-5-8-23(9-6-12)7-1-4-16(24)25/h11-12H,1-10,21H2,(H,22,26)(H,24,25). The number of carboxylic acid groups (broad SMARTS) is 1. The fraction of sp³-hybridized carbons (Fsp3) is 0.579. The Balaban J connectivity index is 1.58. The number of piperidine rings is 1. The number of anilines is 1. The number of hydrogen-bond acceptors (Lipinski definition) is 5. The number of carbonyl (C=O) groups excluding carboxylic acids is 1. The van der Waals surface area contributed by atoms with E-state index in [0.29, 0.717) is 35.1 Å². The number of aliphatic carboxylic acids is 1. The third-order valence-electron chi connectivity index (χ3n) is 5.22. The molecule has 0 atom stereocenters. The van der Waals surface area contributed by atoms with Crippen LogP contribution >= 0.6 is 11.6 Å². The van der Waals surface area contributed by atoms with E-state index in [1.54, 1.807) is 6.07 Å². The summed E-state index contributed by atoms with van der Waals surface area (Å²) in [6.07, 6.45) is 4.14. The lowest BCUT2D eigenvalue weighted by molar-refractivity contribution is -0.137. The lowest BCUT2D eigenvalue weighted by Crippen LogP contribution is -2.45. The molecular weight excluding hydrogens is 370 g/mol. The third kappa shape index (κ3) is 4.84. The minimum Gasteiger partial charge on any atom is -0.492 e. The molecule has 7 nitrogen and oxygen atoms in total. The van der Waals surface area contributed by atoms with Crippen LogP contribution < -0.4 is 15.8 Å². The summed E-state index contributed by atoms with van der Waals surface area (Å²) in [5.74, 6) is -0.379. The number of amides is 1. The molecule has 2 aliphatic heterocycles. The second kappa shape index (κ2) is 8.80. The molecule has 1 fully saturated rings. The Labute approximate surface area is 163 Å². The van der Waals surface area contributed by atoms with Crippen LogP contribution in [0.25, 0.3) is 0 Å². The molecule has 1 aromatic carbocycles. The van der Waals surface area contributed by atoms with E-state index in [0.717, 1.165) is 50.9 Å². The van der Waals surface area contributed by atoms with Gasteiger partial charge in [0, 0.05) is 31.1 Å². The molecule has 2 aliphatic rings. The largest absolute Gasteiger partial charge is 0.492 e. The number of rotatable bonds is 6. The van der Waals surface area contributed by atoms with Gasteiger partial charge < -0.3 is 25.8 Å². The first-order valence-corrected chi connectivity index (χ1v) is 9.82. The van der Waals surface area contributed by atoms with Gasteiger partial charge >= 0.3 is 5.97 Å². The molecule has 0 radical (unpaired) electrons. The van der Waals surface area contributed by atoms with Gasteiger partial charge in [0.25, 0.3) is 5.91 Å². The average molecular weight is 396 g/mol. The Hall–Kier alpha value is -1.99. The summed E-state index contributed by atoms with van der Waals surface area (Å²) >= 11 is 6.22. The number of carboxylic acids is 1.